The van der Waals surface area contributed by atoms with E-state index in [1.165, 1.54) is 4.90 Å². The van der Waals surface area contributed by atoms with Gasteiger partial charge in [0.1, 0.15) is 13.2 Å². The van der Waals surface area contributed by atoms with Crippen LogP contribution < -0.4 is 16.0 Å². The molecule has 4 amide bonds. The predicted molar refractivity (Wildman–Crippen MR) is 172 cm³/mol. The van der Waals surface area contributed by atoms with Crippen molar-refractivity contribution < 1.29 is 33.4 Å². The van der Waals surface area contributed by atoms with E-state index in [4.69, 9.17) is 9.47 Å². The lowest BCUT2D eigenvalue weighted by Gasteiger charge is -2.16. The number of hydrogen-bond donors (Lipinski definition) is 3. The van der Waals surface area contributed by atoms with Crippen LogP contribution in [-0.2, 0) is 41.9 Å². The van der Waals surface area contributed by atoms with Gasteiger partial charge in [0.2, 0.25) is 11.8 Å². The second-order valence-corrected chi connectivity index (χ2v) is 13.2. The van der Waals surface area contributed by atoms with Crippen LogP contribution in [0.2, 0.25) is 0 Å². The van der Waals surface area contributed by atoms with Crippen LogP contribution in [-0.4, -0.2) is 76.4 Å². The average Bonchev–Trinajstić information content (AvgIpc) is 3.57. The number of nitrogens with one attached hydrogen (secondary N) is 3. The number of urea groups is 1. The molecule has 0 aromatic heterocycles. The van der Waals surface area contributed by atoms with Gasteiger partial charge in [-0.25, -0.2) is 14.4 Å². The van der Waals surface area contributed by atoms with Crippen LogP contribution in [0.5, 0.6) is 0 Å². The molecule has 2 aromatic carbocycles. The lowest BCUT2D eigenvalue weighted by molar-refractivity contribution is -0.148. The van der Waals surface area contributed by atoms with E-state index in [1.807, 2.05) is 72.4 Å². The number of hydrogen-bond acceptors (Lipinski definition) is 8. The van der Waals surface area contributed by atoms with Crippen LogP contribution in [0.25, 0.3) is 0 Å². The van der Waals surface area contributed by atoms with E-state index in [-0.39, 0.29) is 49.6 Å². The third-order valence-electron chi connectivity index (χ3n) is 8.50. The largest absolute Gasteiger partial charge is 0.459 e. The molecular formula is C34H42N4O7S. The number of rotatable bonds is 17. The van der Waals surface area contributed by atoms with Crippen LogP contribution in [0, 0.1) is 0 Å². The SMILES string of the molecule is O=C(CCCC[C@H]1SC[C@H]2NC(=O)N[C@H]21)NCCCCCC(=O)N1[C@H](C(=O)OCc2ccccc2)[C@H]1C(=O)OCc1ccccc1. The molecule has 12 heteroatoms. The minimum atomic E-state index is -0.999. The molecule has 0 saturated carbocycles. The molecule has 5 rings (SSSR count). The molecular weight excluding hydrogens is 608 g/mol. The van der Waals surface area contributed by atoms with E-state index < -0.39 is 24.0 Å². The van der Waals surface area contributed by atoms with Gasteiger partial charge in [0.15, 0.2) is 12.1 Å². The van der Waals surface area contributed by atoms with Crippen LogP contribution in [0.4, 0.5) is 4.79 Å². The van der Waals surface area contributed by atoms with Crippen LogP contribution >= 0.6 is 11.8 Å². The standard InChI is InChI=1S/C34H42N4O7S/c39-27(17-10-9-16-26-29-25(22-46-26)36-34(43)37-29)35-19-11-3-8-18-28(40)38-30(32(41)44-20-23-12-4-1-5-13-23)31(38)33(42)45-21-24-14-6-2-7-15-24/h1-2,4-7,12-15,25-26,29-31H,3,8-11,16-22H2,(H,35,39)(H2,36,37,43)/t25-,26-,29-,30+,31+/m1/s1. The molecule has 3 heterocycles. The van der Waals surface area contributed by atoms with Gasteiger partial charge in [-0.3, -0.25) is 9.59 Å². The summed E-state index contributed by atoms with van der Waals surface area (Å²) in [6, 6.07) is 16.7. The summed E-state index contributed by atoms with van der Waals surface area (Å²) in [5.74, 6) is -0.610. The maximum absolute atomic E-state index is 13.1. The normalized spacial score (nSPS) is 22.7. The summed E-state index contributed by atoms with van der Waals surface area (Å²) in [6.45, 7) is 0.626. The topological polar surface area (TPSA) is 143 Å². The van der Waals surface area contributed by atoms with Crippen molar-refractivity contribution in [3.63, 3.8) is 0 Å². The summed E-state index contributed by atoms with van der Waals surface area (Å²) in [7, 11) is 0. The van der Waals surface area contributed by atoms with Crippen molar-refractivity contribution in [3.05, 3.63) is 71.8 Å². The lowest BCUT2D eigenvalue weighted by Crippen LogP contribution is -2.36. The number of carbonyl (C=O) groups is 5. The number of nitrogens with zero attached hydrogens (tertiary/aromatic N) is 1. The van der Waals surface area contributed by atoms with Gasteiger partial charge in [-0.2, -0.15) is 11.8 Å². The van der Waals surface area contributed by atoms with Gasteiger partial charge in [0.05, 0.1) is 12.1 Å². The van der Waals surface area contributed by atoms with Crippen molar-refractivity contribution in [2.24, 2.45) is 0 Å². The third-order valence-corrected chi connectivity index (χ3v) is 10.0. The van der Waals surface area contributed by atoms with Crippen molar-refractivity contribution in [3.8, 4) is 0 Å². The van der Waals surface area contributed by atoms with E-state index in [2.05, 4.69) is 16.0 Å². The van der Waals surface area contributed by atoms with Crippen molar-refractivity contribution >= 4 is 41.5 Å². The highest BCUT2D eigenvalue weighted by molar-refractivity contribution is 8.00. The number of unbranched alkanes of at least 4 members (excludes halogenated alkanes) is 3. The third kappa shape index (κ3) is 9.24. The van der Waals surface area contributed by atoms with Crippen molar-refractivity contribution in [1.82, 2.24) is 20.9 Å². The van der Waals surface area contributed by atoms with Crippen molar-refractivity contribution in [2.45, 2.75) is 94.0 Å². The van der Waals surface area contributed by atoms with Crippen molar-refractivity contribution in [2.75, 3.05) is 12.3 Å². The molecule has 0 spiro atoms. The first-order valence-corrected chi connectivity index (χ1v) is 17.1. The van der Waals surface area contributed by atoms with Gasteiger partial charge >= 0.3 is 18.0 Å². The summed E-state index contributed by atoms with van der Waals surface area (Å²) in [4.78, 5) is 63.9. The van der Waals surface area contributed by atoms with E-state index in [0.717, 1.165) is 42.6 Å². The van der Waals surface area contributed by atoms with E-state index in [9.17, 15) is 24.0 Å². The van der Waals surface area contributed by atoms with Gasteiger partial charge in [-0.05, 0) is 36.8 Å². The quantitative estimate of drug-likeness (QED) is 0.102. The molecule has 246 valence electrons. The average molecular weight is 651 g/mol. The molecule has 3 N–H and O–H groups in total. The van der Waals surface area contributed by atoms with Crippen LogP contribution in [0.15, 0.2) is 60.7 Å². The predicted octanol–water partition coefficient (Wildman–Crippen LogP) is 3.46. The summed E-state index contributed by atoms with van der Waals surface area (Å²) < 4.78 is 10.9. The highest BCUT2D eigenvalue weighted by atomic mass is 32.2. The van der Waals surface area contributed by atoms with Gasteiger partial charge in [0, 0.05) is 30.4 Å². The smallest absolute Gasteiger partial charge is 0.332 e. The minimum absolute atomic E-state index is 0.0154. The minimum Gasteiger partial charge on any atom is -0.459 e. The summed E-state index contributed by atoms with van der Waals surface area (Å²) >= 11 is 1.88. The lowest BCUT2D eigenvalue weighted by atomic mass is 10.0. The maximum Gasteiger partial charge on any atom is 0.332 e. The molecule has 3 fully saturated rings. The molecule has 0 unspecified atom stereocenters. The Hall–Kier alpha value is -4.06. The Kier molecular flexibility index (Phi) is 11.9. The number of esters is 2. The van der Waals surface area contributed by atoms with Crippen LogP contribution in [0.3, 0.4) is 0 Å². The highest BCUT2D eigenvalue weighted by Crippen LogP contribution is 2.34. The molecule has 2 aromatic rings. The Labute approximate surface area is 273 Å². The van der Waals surface area contributed by atoms with Gasteiger partial charge in [0.25, 0.3) is 0 Å². The zero-order valence-electron chi connectivity index (χ0n) is 25.9. The first kappa shape index (κ1) is 33.3. The number of fused-ring (bicyclic) bond motifs is 1. The highest BCUT2D eigenvalue weighted by Gasteiger charge is 2.61. The summed E-state index contributed by atoms with van der Waals surface area (Å²) in [5, 5.41) is 9.29. The summed E-state index contributed by atoms with van der Waals surface area (Å²) in [6.07, 6.45) is 5.35. The number of thioether (sulfide) groups is 1. The van der Waals surface area contributed by atoms with E-state index in [1.54, 1.807) is 0 Å². The zero-order chi connectivity index (χ0) is 32.3. The molecule has 0 radical (unpaired) electrons. The molecule has 3 saturated heterocycles. The van der Waals surface area contributed by atoms with Gasteiger partial charge in [-0.15, -0.1) is 0 Å². The molecule has 3 aliphatic rings. The molecule has 0 aliphatic carbocycles. The Balaban J connectivity index is 0.976. The zero-order valence-corrected chi connectivity index (χ0v) is 26.7. The Bertz CT molecular complexity index is 1300. The fourth-order valence-corrected chi connectivity index (χ4v) is 7.50. The Morgan fingerprint density at radius 3 is 2.02 bits per heavy atom. The number of benzene rings is 2. The molecule has 11 nitrogen and oxygen atoms in total. The number of ether oxygens (including phenoxy) is 2. The van der Waals surface area contributed by atoms with Crippen LogP contribution in [0.1, 0.15) is 62.5 Å². The molecule has 3 aliphatic heterocycles. The molecule has 5 atom stereocenters. The second-order valence-electron chi connectivity index (χ2n) is 11.9. The van der Waals surface area contributed by atoms with Gasteiger partial charge < -0.3 is 30.3 Å². The number of carbonyl (C=O) groups excluding carboxylic acids is 5. The fourth-order valence-electron chi connectivity index (χ4n) is 5.95. The number of amides is 4. The fraction of sp³-hybridized carbons (Fsp3) is 0.500. The van der Waals surface area contributed by atoms with Crippen molar-refractivity contribution in [1.29, 1.82) is 0 Å². The summed E-state index contributed by atoms with van der Waals surface area (Å²) in [5.41, 5.74) is 1.62. The molecule has 0 bridgehead atoms. The Morgan fingerprint density at radius 1 is 0.783 bits per heavy atom. The van der Waals surface area contributed by atoms with Gasteiger partial charge in [-0.1, -0.05) is 73.5 Å². The first-order valence-electron chi connectivity index (χ1n) is 16.1. The maximum atomic E-state index is 13.1. The first-order chi connectivity index (χ1) is 22.4. The van der Waals surface area contributed by atoms with E-state index in [0.29, 0.717) is 31.1 Å². The second kappa shape index (κ2) is 16.5. The molecule has 46 heavy (non-hydrogen) atoms. The van der Waals surface area contributed by atoms with E-state index >= 15 is 0 Å². The Morgan fingerprint density at radius 2 is 1.39 bits per heavy atom. The monoisotopic (exact) mass is 650 g/mol.